The van der Waals surface area contributed by atoms with Crippen LogP contribution in [-0.4, -0.2) is 35.2 Å². The van der Waals surface area contributed by atoms with E-state index in [1.54, 1.807) is 0 Å². The van der Waals surface area contributed by atoms with Gasteiger partial charge in [0.05, 0.1) is 17.8 Å². The summed E-state index contributed by atoms with van der Waals surface area (Å²) in [7, 11) is 0. The van der Waals surface area contributed by atoms with E-state index in [1.165, 1.54) is 0 Å². The van der Waals surface area contributed by atoms with Gasteiger partial charge in [-0.25, -0.2) is 0 Å². The van der Waals surface area contributed by atoms with Gasteiger partial charge in [0.2, 0.25) is 0 Å². The summed E-state index contributed by atoms with van der Waals surface area (Å²) in [4.78, 5) is 39.5. The Bertz CT molecular complexity index is 842. The maximum Gasteiger partial charge on any atom is 0.317 e. The van der Waals surface area contributed by atoms with Crippen molar-refractivity contribution in [2.75, 3.05) is 6.61 Å². The van der Waals surface area contributed by atoms with Gasteiger partial charge in [-0.2, -0.15) is 0 Å². The molecule has 12 unspecified atom stereocenters. The van der Waals surface area contributed by atoms with Crippen molar-refractivity contribution in [2.45, 2.75) is 78.7 Å². The lowest BCUT2D eigenvalue weighted by molar-refractivity contribution is -0.173. The number of cyclic esters (lactones) is 2. The smallest absolute Gasteiger partial charge is 0.317 e. The molecule has 1 N–H and O–H groups in total. The molecule has 7 aliphatic rings. The first-order chi connectivity index (χ1) is 16.0. The van der Waals surface area contributed by atoms with E-state index in [9.17, 15) is 19.5 Å². The minimum absolute atomic E-state index is 0.0709. The first kappa shape index (κ1) is 24.3. The topological polar surface area (TPSA) is 89.9 Å². The van der Waals surface area contributed by atoms with Crippen LogP contribution in [0, 0.1) is 71.0 Å². The fraction of sp³-hybridized carbons (Fsp3) is 0.893. The van der Waals surface area contributed by atoms with Crippen LogP contribution in [0.2, 0.25) is 0 Å². The molecule has 6 heteroatoms. The highest BCUT2D eigenvalue weighted by molar-refractivity contribution is 5.97. The number of carbonyl (C=O) groups excluding carboxylic acids is 3. The zero-order valence-corrected chi connectivity index (χ0v) is 21.4. The minimum Gasteiger partial charge on any atom is -0.460 e. The van der Waals surface area contributed by atoms with E-state index in [-0.39, 0.29) is 71.9 Å². The third-order valence-corrected chi connectivity index (χ3v) is 10.6. The molecule has 190 valence electrons. The molecule has 1 saturated heterocycles. The van der Waals surface area contributed by atoms with Gasteiger partial charge in [-0.05, 0) is 113 Å². The molecule has 1 aliphatic heterocycles. The van der Waals surface area contributed by atoms with Crippen molar-refractivity contribution in [1.82, 2.24) is 0 Å². The van der Waals surface area contributed by atoms with Gasteiger partial charge in [0.25, 0.3) is 0 Å². The van der Waals surface area contributed by atoms with E-state index in [0.717, 1.165) is 38.5 Å². The van der Waals surface area contributed by atoms with E-state index in [0.29, 0.717) is 11.8 Å². The Morgan fingerprint density at radius 1 is 0.912 bits per heavy atom. The van der Waals surface area contributed by atoms with Gasteiger partial charge in [0, 0.05) is 6.61 Å². The van der Waals surface area contributed by atoms with Crippen LogP contribution in [0.3, 0.4) is 0 Å². The molecule has 0 aromatic rings. The summed E-state index contributed by atoms with van der Waals surface area (Å²) in [6, 6.07) is 0. The Morgan fingerprint density at radius 3 is 2.15 bits per heavy atom. The normalized spacial score (nSPS) is 48.2. The van der Waals surface area contributed by atoms with Crippen LogP contribution in [0.4, 0.5) is 0 Å². The fourth-order valence-electron chi connectivity index (χ4n) is 9.33. The maximum absolute atomic E-state index is 13.2. The number of fused-ring (bicyclic) bond motifs is 6. The van der Waals surface area contributed by atoms with Gasteiger partial charge in [0.15, 0.2) is 0 Å². The van der Waals surface area contributed by atoms with Crippen LogP contribution in [0.25, 0.3) is 0 Å². The average Bonchev–Trinajstić information content (AvgIpc) is 3.06. The molecule has 1 heterocycles. The van der Waals surface area contributed by atoms with E-state index < -0.39 is 17.4 Å². The van der Waals surface area contributed by atoms with Crippen molar-refractivity contribution in [3.05, 3.63) is 0 Å². The standard InChI is InChI=1S/C28H42O6/c1-13-15-6-9-19(17(10-15)12-29)22(13)24-23(26(31)33-27(24)32)21-14(2)18-8-7-16(21)11-20(18)25(30)34-28(3,4)5/h13-24,29H,6-12H2,1-5H3. The number of hydrogen-bond acceptors (Lipinski definition) is 6. The Balaban J connectivity index is 1.42. The van der Waals surface area contributed by atoms with Crippen molar-refractivity contribution < 1.29 is 29.0 Å². The summed E-state index contributed by atoms with van der Waals surface area (Å²) in [6.07, 6.45) is 5.93. The largest absolute Gasteiger partial charge is 0.460 e. The summed E-state index contributed by atoms with van der Waals surface area (Å²) in [6.45, 7) is 10.3. The van der Waals surface area contributed by atoms with Crippen LogP contribution in [0.1, 0.15) is 73.1 Å². The van der Waals surface area contributed by atoms with Crippen molar-refractivity contribution in [3.63, 3.8) is 0 Å². The first-order valence-electron chi connectivity index (χ1n) is 13.6. The second-order valence-corrected chi connectivity index (χ2v) is 13.2. The van der Waals surface area contributed by atoms with Crippen LogP contribution in [0.15, 0.2) is 0 Å². The quantitative estimate of drug-likeness (QED) is 0.484. The molecule has 0 aromatic heterocycles. The molecular weight excluding hydrogens is 432 g/mol. The van der Waals surface area contributed by atoms with Gasteiger partial charge in [-0.15, -0.1) is 0 Å². The average molecular weight is 475 g/mol. The molecule has 6 aliphatic carbocycles. The second kappa shape index (κ2) is 8.60. The molecule has 34 heavy (non-hydrogen) atoms. The number of hydrogen-bond donors (Lipinski definition) is 1. The van der Waals surface area contributed by atoms with Crippen molar-refractivity contribution in [2.24, 2.45) is 71.0 Å². The Hall–Kier alpha value is -1.43. The van der Waals surface area contributed by atoms with Crippen LogP contribution >= 0.6 is 0 Å². The number of carbonyl (C=O) groups is 3. The summed E-state index contributed by atoms with van der Waals surface area (Å²) < 4.78 is 11.1. The van der Waals surface area contributed by atoms with Gasteiger partial charge >= 0.3 is 17.9 Å². The molecule has 0 aromatic carbocycles. The Kier molecular flexibility index (Phi) is 6.14. The monoisotopic (exact) mass is 474 g/mol. The fourth-order valence-corrected chi connectivity index (χ4v) is 9.33. The highest BCUT2D eigenvalue weighted by Crippen LogP contribution is 2.61. The highest BCUT2D eigenvalue weighted by atomic mass is 16.6. The van der Waals surface area contributed by atoms with Crippen LogP contribution in [0.5, 0.6) is 0 Å². The summed E-state index contributed by atoms with van der Waals surface area (Å²) in [5.74, 6) is 0.372. The molecule has 6 saturated carbocycles. The van der Waals surface area contributed by atoms with Gasteiger partial charge in [0.1, 0.15) is 5.60 Å². The van der Waals surface area contributed by atoms with Crippen molar-refractivity contribution >= 4 is 17.9 Å². The molecule has 4 bridgehead atoms. The first-order valence-corrected chi connectivity index (χ1v) is 13.6. The third-order valence-electron chi connectivity index (χ3n) is 10.6. The Morgan fingerprint density at radius 2 is 1.53 bits per heavy atom. The molecule has 7 fully saturated rings. The lowest BCUT2D eigenvalue weighted by Crippen LogP contribution is -2.55. The SMILES string of the molecule is CC1C2CCC(CC2C(=O)OC(C)(C)C)C1C1C(=O)OC(=O)C1C1C(C)C2CCC1C(CO)C2. The van der Waals surface area contributed by atoms with Gasteiger partial charge in [-0.1, -0.05) is 13.8 Å². The highest BCUT2D eigenvalue weighted by Gasteiger charge is 2.63. The molecule has 0 amide bonds. The number of aliphatic hydroxyl groups excluding tert-OH is 1. The minimum atomic E-state index is -0.511. The number of esters is 3. The lowest BCUT2D eigenvalue weighted by Gasteiger charge is -2.56. The van der Waals surface area contributed by atoms with E-state index >= 15 is 0 Å². The molecule has 6 nitrogen and oxygen atoms in total. The van der Waals surface area contributed by atoms with Crippen molar-refractivity contribution in [1.29, 1.82) is 0 Å². The summed E-state index contributed by atoms with van der Waals surface area (Å²) in [5, 5.41) is 10.1. The molecule has 7 rings (SSSR count). The Labute approximate surface area is 203 Å². The molecule has 12 atom stereocenters. The zero-order valence-electron chi connectivity index (χ0n) is 21.4. The van der Waals surface area contributed by atoms with Crippen molar-refractivity contribution in [3.8, 4) is 0 Å². The third kappa shape index (κ3) is 3.83. The predicted octanol–water partition coefficient (Wildman–Crippen LogP) is 4.23. The summed E-state index contributed by atoms with van der Waals surface area (Å²) in [5.41, 5.74) is -0.511. The zero-order chi connectivity index (χ0) is 24.5. The van der Waals surface area contributed by atoms with Crippen LogP contribution < -0.4 is 0 Å². The van der Waals surface area contributed by atoms with E-state index in [1.807, 2.05) is 20.8 Å². The predicted molar refractivity (Wildman–Crippen MR) is 125 cm³/mol. The molecular formula is C28H42O6. The number of ether oxygens (including phenoxy) is 2. The molecule has 0 radical (unpaired) electrons. The number of rotatable bonds is 4. The molecule has 0 spiro atoms. The second-order valence-electron chi connectivity index (χ2n) is 13.2. The van der Waals surface area contributed by atoms with Crippen LogP contribution in [-0.2, 0) is 23.9 Å². The van der Waals surface area contributed by atoms with Gasteiger partial charge in [-0.3, -0.25) is 14.4 Å². The maximum atomic E-state index is 13.2. The number of aliphatic hydroxyl groups is 1. The van der Waals surface area contributed by atoms with Gasteiger partial charge < -0.3 is 14.6 Å². The van der Waals surface area contributed by atoms with E-state index in [4.69, 9.17) is 9.47 Å². The lowest BCUT2D eigenvalue weighted by atomic mass is 9.47. The van der Waals surface area contributed by atoms with E-state index in [2.05, 4.69) is 13.8 Å². The summed E-state index contributed by atoms with van der Waals surface area (Å²) >= 11 is 0.